The van der Waals surface area contributed by atoms with E-state index in [1.54, 1.807) is 6.07 Å². The van der Waals surface area contributed by atoms with Crippen molar-refractivity contribution in [1.82, 2.24) is 9.97 Å². The van der Waals surface area contributed by atoms with Gasteiger partial charge in [0.2, 0.25) is 5.95 Å². The Labute approximate surface area is 136 Å². The van der Waals surface area contributed by atoms with E-state index in [1.165, 1.54) is 12.8 Å². The highest BCUT2D eigenvalue weighted by Gasteiger charge is 2.16. The number of anilines is 2. The third-order valence-electron chi connectivity index (χ3n) is 4.00. The highest BCUT2D eigenvalue weighted by Crippen LogP contribution is 2.17. The molecular weight excluding hydrogens is 288 g/mol. The number of benzene rings is 1. The van der Waals surface area contributed by atoms with E-state index in [1.807, 2.05) is 37.3 Å². The monoisotopic (exact) mass is 310 g/mol. The lowest BCUT2D eigenvalue weighted by molar-refractivity contribution is 0.102. The summed E-state index contributed by atoms with van der Waals surface area (Å²) in [6, 6.07) is 11.2. The minimum atomic E-state index is -0.197. The summed E-state index contributed by atoms with van der Waals surface area (Å²) in [6.45, 7) is 3.83. The van der Waals surface area contributed by atoms with Gasteiger partial charge in [0.05, 0.1) is 0 Å². The number of para-hydroxylation sites is 1. The Hall–Kier alpha value is -2.43. The highest BCUT2D eigenvalue weighted by molar-refractivity contribution is 6.03. The van der Waals surface area contributed by atoms with Crippen molar-refractivity contribution in [2.45, 2.75) is 32.6 Å². The first-order chi connectivity index (χ1) is 11.2. The first-order valence-corrected chi connectivity index (χ1v) is 8.19. The molecule has 2 heterocycles. The van der Waals surface area contributed by atoms with Crippen molar-refractivity contribution in [3.05, 3.63) is 47.8 Å². The van der Waals surface area contributed by atoms with E-state index in [0.717, 1.165) is 37.3 Å². The lowest BCUT2D eigenvalue weighted by Crippen LogP contribution is -2.27. The van der Waals surface area contributed by atoms with Gasteiger partial charge < -0.3 is 10.2 Å². The minimum Gasteiger partial charge on any atom is -0.341 e. The summed E-state index contributed by atoms with van der Waals surface area (Å²) < 4.78 is 0. The summed E-state index contributed by atoms with van der Waals surface area (Å²) in [5.41, 5.74) is 2.00. The molecule has 5 nitrogen and oxygen atoms in total. The molecule has 23 heavy (non-hydrogen) atoms. The van der Waals surface area contributed by atoms with Crippen LogP contribution in [0.15, 0.2) is 36.4 Å². The van der Waals surface area contributed by atoms with Crippen LogP contribution in [0, 0.1) is 6.92 Å². The van der Waals surface area contributed by atoms with E-state index in [2.05, 4.69) is 20.2 Å². The molecule has 1 aliphatic heterocycles. The van der Waals surface area contributed by atoms with Crippen LogP contribution in [0.5, 0.6) is 0 Å². The maximum absolute atomic E-state index is 12.4. The molecule has 0 saturated carbocycles. The average molecular weight is 310 g/mol. The Morgan fingerprint density at radius 2 is 1.74 bits per heavy atom. The fourth-order valence-electron chi connectivity index (χ4n) is 2.80. The molecule has 1 aromatic carbocycles. The first kappa shape index (κ1) is 15.5. The van der Waals surface area contributed by atoms with Gasteiger partial charge in [-0.05, 0) is 38.0 Å². The molecule has 0 bridgehead atoms. The van der Waals surface area contributed by atoms with Crippen molar-refractivity contribution in [1.29, 1.82) is 0 Å². The van der Waals surface area contributed by atoms with Crippen LogP contribution in [-0.2, 0) is 0 Å². The molecule has 2 aromatic rings. The van der Waals surface area contributed by atoms with Crippen molar-refractivity contribution < 1.29 is 4.79 Å². The van der Waals surface area contributed by atoms with Crippen molar-refractivity contribution in [2.24, 2.45) is 0 Å². The second-order valence-corrected chi connectivity index (χ2v) is 5.92. The summed E-state index contributed by atoms with van der Waals surface area (Å²) in [4.78, 5) is 23.7. The number of hydrogen-bond acceptors (Lipinski definition) is 4. The molecular formula is C18H22N4O. The summed E-state index contributed by atoms with van der Waals surface area (Å²) in [7, 11) is 0. The largest absolute Gasteiger partial charge is 0.341 e. The van der Waals surface area contributed by atoms with Crippen LogP contribution in [0.3, 0.4) is 0 Å². The zero-order valence-electron chi connectivity index (χ0n) is 13.5. The molecule has 1 amide bonds. The van der Waals surface area contributed by atoms with Crippen LogP contribution in [-0.4, -0.2) is 29.0 Å². The molecule has 1 aliphatic rings. The predicted molar refractivity (Wildman–Crippen MR) is 91.8 cm³/mol. The molecule has 0 aliphatic carbocycles. The van der Waals surface area contributed by atoms with Crippen molar-refractivity contribution in [3.63, 3.8) is 0 Å². The molecule has 0 radical (unpaired) electrons. The standard InChI is InChI=1S/C18H22N4O/c1-14-13-16(17(23)20-15-9-5-4-6-10-15)21-18(19-14)22-11-7-2-3-8-12-22/h4-6,9-10,13H,2-3,7-8,11-12H2,1H3,(H,20,23). The molecule has 3 rings (SSSR count). The molecule has 1 saturated heterocycles. The average Bonchev–Trinajstić information content (AvgIpc) is 2.84. The zero-order valence-corrected chi connectivity index (χ0v) is 13.5. The molecule has 1 fully saturated rings. The number of aromatic nitrogens is 2. The summed E-state index contributed by atoms with van der Waals surface area (Å²) in [6.07, 6.45) is 4.82. The first-order valence-electron chi connectivity index (χ1n) is 8.19. The molecule has 1 N–H and O–H groups in total. The maximum atomic E-state index is 12.4. The second kappa shape index (κ2) is 7.22. The Kier molecular flexibility index (Phi) is 4.86. The Balaban J connectivity index is 1.80. The van der Waals surface area contributed by atoms with E-state index in [0.29, 0.717) is 11.6 Å². The van der Waals surface area contributed by atoms with Gasteiger partial charge in [0, 0.05) is 24.5 Å². The SMILES string of the molecule is Cc1cc(C(=O)Nc2ccccc2)nc(N2CCCCCC2)n1. The van der Waals surface area contributed by atoms with Gasteiger partial charge in [0.15, 0.2) is 0 Å². The zero-order chi connectivity index (χ0) is 16.1. The van der Waals surface area contributed by atoms with Gasteiger partial charge in [-0.1, -0.05) is 31.0 Å². The molecule has 1 aromatic heterocycles. The van der Waals surface area contributed by atoms with Gasteiger partial charge in [0.1, 0.15) is 5.69 Å². The third-order valence-corrected chi connectivity index (χ3v) is 4.00. The fraction of sp³-hybridized carbons (Fsp3) is 0.389. The van der Waals surface area contributed by atoms with Gasteiger partial charge in [-0.2, -0.15) is 0 Å². The van der Waals surface area contributed by atoms with E-state index in [4.69, 9.17) is 0 Å². The molecule has 0 atom stereocenters. The van der Waals surface area contributed by atoms with Crippen LogP contribution in [0.4, 0.5) is 11.6 Å². The van der Waals surface area contributed by atoms with Gasteiger partial charge in [-0.25, -0.2) is 9.97 Å². The number of amides is 1. The lowest BCUT2D eigenvalue weighted by atomic mass is 10.2. The van der Waals surface area contributed by atoms with Crippen LogP contribution in [0.1, 0.15) is 41.9 Å². The topological polar surface area (TPSA) is 58.1 Å². The molecule has 5 heteroatoms. The number of aryl methyl sites for hydroxylation is 1. The van der Waals surface area contributed by atoms with Crippen molar-refractivity contribution in [2.75, 3.05) is 23.3 Å². The quantitative estimate of drug-likeness (QED) is 0.943. The van der Waals surface area contributed by atoms with Crippen molar-refractivity contribution >= 4 is 17.5 Å². The number of rotatable bonds is 3. The molecule has 0 spiro atoms. The normalized spacial score (nSPS) is 15.1. The summed E-state index contributed by atoms with van der Waals surface area (Å²) >= 11 is 0. The number of carbonyl (C=O) groups excluding carboxylic acids is 1. The third kappa shape index (κ3) is 4.06. The smallest absolute Gasteiger partial charge is 0.274 e. The Bertz CT molecular complexity index is 664. The number of nitrogens with one attached hydrogen (secondary N) is 1. The van der Waals surface area contributed by atoms with Crippen LogP contribution in [0.25, 0.3) is 0 Å². The van der Waals surface area contributed by atoms with Crippen LogP contribution >= 0.6 is 0 Å². The Morgan fingerprint density at radius 3 is 2.43 bits per heavy atom. The lowest BCUT2D eigenvalue weighted by Gasteiger charge is -2.21. The summed E-state index contributed by atoms with van der Waals surface area (Å²) in [5, 5.41) is 2.88. The fourth-order valence-corrected chi connectivity index (χ4v) is 2.80. The predicted octanol–water partition coefficient (Wildman–Crippen LogP) is 3.42. The molecule has 0 unspecified atom stereocenters. The second-order valence-electron chi connectivity index (χ2n) is 5.92. The minimum absolute atomic E-state index is 0.197. The van der Waals surface area contributed by atoms with E-state index >= 15 is 0 Å². The number of hydrogen-bond donors (Lipinski definition) is 1. The van der Waals surface area contributed by atoms with E-state index in [-0.39, 0.29) is 5.91 Å². The number of nitrogens with zero attached hydrogens (tertiary/aromatic N) is 3. The van der Waals surface area contributed by atoms with Crippen LogP contribution in [0.2, 0.25) is 0 Å². The highest BCUT2D eigenvalue weighted by atomic mass is 16.1. The van der Waals surface area contributed by atoms with Crippen molar-refractivity contribution in [3.8, 4) is 0 Å². The van der Waals surface area contributed by atoms with Gasteiger partial charge in [0.25, 0.3) is 5.91 Å². The van der Waals surface area contributed by atoms with Gasteiger partial charge >= 0.3 is 0 Å². The van der Waals surface area contributed by atoms with Gasteiger partial charge in [-0.3, -0.25) is 4.79 Å². The molecule has 120 valence electrons. The Morgan fingerprint density at radius 1 is 1.04 bits per heavy atom. The number of carbonyl (C=O) groups is 1. The summed E-state index contributed by atoms with van der Waals surface area (Å²) in [5.74, 6) is 0.475. The van der Waals surface area contributed by atoms with Crippen LogP contribution < -0.4 is 10.2 Å². The maximum Gasteiger partial charge on any atom is 0.274 e. The van der Waals surface area contributed by atoms with Gasteiger partial charge in [-0.15, -0.1) is 0 Å². The van der Waals surface area contributed by atoms with E-state index < -0.39 is 0 Å². The van der Waals surface area contributed by atoms with E-state index in [9.17, 15) is 4.79 Å².